The average molecular weight is 515 g/mol. The van der Waals surface area contributed by atoms with Crippen LogP contribution in [0.5, 0.6) is 5.75 Å². The molecule has 0 radical (unpaired) electrons. The average Bonchev–Trinajstić information content (AvgIpc) is 3.02. The number of phenolic OH excluding ortho intramolecular Hbond substituents is 1. The van der Waals surface area contributed by atoms with Crippen LogP contribution in [0.3, 0.4) is 0 Å². The largest absolute Gasteiger partial charge is 1.00 e. The van der Waals surface area contributed by atoms with E-state index in [2.05, 4.69) is 5.32 Å². The molecule has 154 valence electrons. The van der Waals surface area contributed by atoms with Crippen molar-refractivity contribution >= 4 is 23.1 Å². The second-order valence-corrected chi connectivity index (χ2v) is 7.05. The van der Waals surface area contributed by atoms with Crippen molar-refractivity contribution in [2.45, 2.75) is 20.4 Å². The minimum atomic E-state index is -0.423. The Morgan fingerprint density at radius 2 is 1.90 bits per heavy atom. The number of amides is 1. The van der Waals surface area contributed by atoms with Gasteiger partial charge in [0.1, 0.15) is 17.3 Å². The number of halogens is 1. The van der Waals surface area contributed by atoms with Gasteiger partial charge in [0.05, 0.1) is 6.20 Å². The highest BCUT2D eigenvalue weighted by Gasteiger charge is 2.19. The van der Waals surface area contributed by atoms with E-state index < -0.39 is 5.91 Å². The molecule has 1 amide bonds. The number of anilines is 2. The first-order chi connectivity index (χ1) is 13.9. The van der Waals surface area contributed by atoms with Crippen LogP contribution in [0.2, 0.25) is 0 Å². The van der Waals surface area contributed by atoms with E-state index in [1.165, 1.54) is 0 Å². The lowest BCUT2D eigenvalue weighted by atomic mass is 10.1. The van der Waals surface area contributed by atoms with Gasteiger partial charge in [0.2, 0.25) is 18.4 Å². The van der Waals surface area contributed by atoms with E-state index in [0.29, 0.717) is 11.3 Å². The molecule has 0 bridgehead atoms. The summed E-state index contributed by atoms with van der Waals surface area (Å²) in [5.41, 5.74) is 10.7. The summed E-state index contributed by atoms with van der Waals surface area (Å²) in [6.45, 7) is 4.17. The zero-order valence-electron chi connectivity index (χ0n) is 16.6. The second kappa shape index (κ2) is 8.70. The number of carbonyl (C=O) groups excluding carboxylic acids is 1. The van der Waals surface area contributed by atoms with E-state index in [1.54, 1.807) is 35.2 Å². The summed E-state index contributed by atoms with van der Waals surface area (Å²) >= 11 is 0. The minimum absolute atomic E-state index is 0. The summed E-state index contributed by atoms with van der Waals surface area (Å²) < 4.78 is 3.61. The SMILES string of the molecule is Cc1cccc(C)c1Nc1c(-c2cccc(O)c2)nc2c[n+](CC(N)=O)ccn12.[I-]. The molecule has 0 saturated heterocycles. The van der Waals surface area contributed by atoms with Gasteiger partial charge in [0, 0.05) is 11.3 Å². The van der Waals surface area contributed by atoms with Crippen molar-refractivity contribution in [2.24, 2.45) is 5.73 Å². The number of imidazole rings is 1. The normalized spacial score (nSPS) is 10.6. The first-order valence-corrected chi connectivity index (χ1v) is 9.24. The fraction of sp³-hybridized carbons (Fsp3) is 0.136. The molecule has 4 N–H and O–H groups in total. The van der Waals surface area contributed by atoms with Crippen LogP contribution in [0.25, 0.3) is 16.9 Å². The van der Waals surface area contributed by atoms with Crippen molar-refractivity contribution in [3.8, 4) is 17.0 Å². The molecule has 0 fully saturated rings. The highest BCUT2D eigenvalue weighted by molar-refractivity contribution is 5.81. The standard InChI is InChI=1S/C22H21N5O2.HI/c1-14-5-3-6-15(2)20(14)25-22-21(16-7-4-8-17(28)11-16)24-19-13-26(12-18(23)29)9-10-27(19)22;/h3-11,13H,12H2,1-2H3,(H3,23,28,29);1H. The number of aromatic hydroxyl groups is 1. The molecule has 0 spiro atoms. The second-order valence-electron chi connectivity index (χ2n) is 7.05. The Kier molecular flexibility index (Phi) is 6.25. The van der Waals surface area contributed by atoms with Crippen LogP contribution in [0, 0.1) is 13.8 Å². The van der Waals surface area contributed by atoms with Gasteiger partial charge in [0.25, 0.3) is 5.91 Å². The van der Waals surface area contributed by atoms with Crippen molar-refractivity contribution < 1.29 is 38.4 Å². The van der Waals surface area contributed by atoms with Crippen molar-refractivity contribution in [3.63, 3.8) is 0 Å². The monoisotopic (exact) mass is 515 g/mol. The molecule has 4 aromatic rings. The number of aromatic nitrogens is 3. The highest BCUT2D eigenvalue weighted by Crippen LogP contribution is 2.34. The van der Waals surface area contributed by atoms with E-state index in [1.807, 2.05) is 48.7 Å². The predicted octanol–water partition coefficient (Wildman–Crippen LogP) is -0.156. The molecule has 0 aliphatic heterocycles. The number of benzene rings is 2. The lowest BCUT2D eigenvalue weighted by Crippen LogP contribution is -3.00. The van der Waals surface area contributed by atoms with E-state index in [9.17, 15) is 9.90 Å². The Morgan fingerprint density at radius 1 is 1.20 bits per heavy atom. The number of phenols is 1. The van der Waals surface area contributed by atoms with Crippen molar-refractivity contribution in [1.82, 2.24) is 9.38 Å². The van der Waals surface area contributed by atoms with Gasteiger partial charge in [-0.2, -0.15) is 4.57 Å². The number of para-hydroxylation sites is 1. The van der Waals surface area contributed by atoms with Crippen LogP contribution in [-0.4, -0.2) is 20.4 Å². The summed E-state index contributed by atoms with van der Waals surface area (Å²) in [5.74, 6) is 0.517. The molecule has 30 heavy (non-hydrogen) atoms. The number of nitrogens with zero attached hydrogens (tertiary/aromatic N) is 3. The third kappa shape index (κ3) is 4.23. The van der Waals surface area contributed by atoms with Gasteiger partial charge < -0.3 is 40.1 Å². The molecular formula is C22H22IN5O2. The Balaban J connectivity index is 0.00000256. The third-order valence-corrected chi connectivity index (χ3v) is 4.81. The highest BCUT2D eigenvalue weighted by atomic mass is 127. The number of hydrogen-bond donors (Lipinski definition) is 3. The summed E-state index contributed by atoms with van der Waals surface area (Å²) in [6, 6.07) is 13.1. The maximum atomic E-state index is 11.3. The van der Waals surface area contributed by atoms with Crippen LogP contribution < -0.4 is 39.6 Å². The Labute approximate surface area is 191 Å². The van der Waals surface area contributed by atoms with Crippen LogP contribution in [-0.2, 0) is 11.3 Å². The van der Waals surface area contributed by atoms with E-state index >= 15 is 0 Å². The Morgan fingerprint density at radius 3 is 2.57 bits per heavy atom. The maximum Gasteiger partial charge on any atom is 0.283 e. The van der Waals surface area contributed by atoms with Crippen LogP contribution in [0.1, 0.15) is 11.1 Å². The molecule has 4 rings (SSSR count). The van der Waals surface area contributed by atoms with Crippen LogP contribution in [0.4, 0.5) is 11.5 Å². The topological polar surface area (TPSA) is 96.5 Å². The van der Waals surface area contributed by atoms with E-state index in [0.717, 1.165) is 28.2 Å². The van der Waals surface area contributed by atoms with Gasteiger partial charge in [-0.1, -0.05) is 30.3 Å². The van der Waals surface area contributed by atoms with Gasteiger partial charge in [-0.15, -0.1) is 0 Å². The van der Waals surface area contributed by atoms with Gasteiger partial charge in [-0.05, 0) is 37.1 Å². The number of primary amides is 1. The fourth-order valence-electron chi connectivity index (χ4n) is 3.42. The summed E-state index contributed by atoms with van der Waals surface area (Å²) in [7, 11) is 0. The lowest BCUT2D eigenvalue weighted by Gasteiger charge is -2.14. The fourth-order valence-corrected chi connectivity index (χ4v) is 3.42. The molecule has 2 heterocycles. The van der Waals surface area contributed by atoms with Crippen LogP contribution >= 0.6 is 0 Å². The van der Waals surface area contributed by atoms with Crippen molar-refractivity contribution in [1.29, 1.82) is 0 Å². The van der Waals surface area contributed by atoms with Crippen molar-refractivity contribution in [3.05, 3.63) is 72.2 Å². The molecule has 2 aromatic heterocycles. The third-order valence-electron chi connectivity index (χ3n) is 4.81. The number of aryl methyl sites for hydroxylation is 2. The predicted molar refractivity (Wildman–Crippen MR) is 111 cm³/mol. The minimum Gasteiger partial charge on any atom is -1.00 e. The summed E-state index contributed by atoms with van der Waals surface area (Å²) in [5, 5.41) is 13.5. The van der Waals surface area contributed by atoms with Gasteiger partial charge >= 0.3 is 0 Å². The molecule has 0 atom stereocenters. The molecule has 0 saturated carbocycles. The summed E-state index contributed by atoms with van der Waals surface area (Å²) in [6.07, 6.45) is 5.39. The van der Waals surface area contributed by atoms with Crippen molar-refractivity contribution in [2.75, 3.05) is 5.32 Å². The molecule has 0 aliphatic rings. The number of rotatable bonds is 5. The Bertz CT molecular complexity index is 1220. The quantitative estimate of drug-likeness (QED) is 0.255. The summed E-state index contributed by atoms with van der Waals surface area (Å²) in [4.78, 5) is 16.0. The number of carbonyl (C=O) groups is 1. The lowest BCUT2D eigenvalue weighted by molar-refractivity contribution is -0.683. The molecule has 2 aromatic carbocycles. The number of fused-ring (bicyclic) bond motifs is 1. The number of hydrogen-bond acceptors (Lipinski definition) is 4. The van der Waals surface area contributed by atoms with E-state index in [-0.39, 0.29) is 36.3 Å². The van der Waals surface area contributed by atoms with Gasteiger partial charge in [-0.3, -0.25) is 9.20 Å². The van der Waals surface area contributed by atoms with E-state index in [4.69, 9.17) is 10.7 Å². The Hall–Kier alpha value is -3.14. The smallest absolute Gasteiger partial charge is 0.283 e. The first-order valence-electron chi connectivity index (χ1n) is 9.24. The zero-order chi connectivity index (χ0) is 20.5. The molecular weight excluding hydrogens is 493 g/mol. The molecule has 8 heteroatoms. The molecule has 0 aliphatic carbocycles. The van der Waals surface area contributed by atoms with Crippen LogP contribution in [0.15, 0.2) is 61.1 Å². The first kappa shape index (κ1) is 21.6. The maximum absolute atomic E-state index is 11.3. The van der Waals surface area contributed by atoms with Gasteiger partial charge in [-0.25, -0.2) is 4.98 Å². The number of nitrogens with one attached hydrogen (secondary N) is 1. The molecule has 0 unspecified atom stereocenters. The number of nitrogens with two attached hydrogens (primary N) is 1. The molecule has 7 nitrogen and oxygen atoms in total. The zero-order valence-corrected chi connectivity index (χ0v) is 18.8. The van der Waals surface area contributed by atoms with Gasteiger partial charge in [0.15, 0.2) is 6.20 Å².